The minimum absolute atomic E-state index is 0.610. The fourth-order valence-corrected chi connectivity index (χ4v) is 9.32. The molecule has 0 N–H and O–H groups in total. The van der Waals surface area contributed by atoms with Crippen molar-refractivity contribution in [2.24, 2.45) is 4.99 Å². The van der Waals surface area contributed by atoms with Crippen molar-refractivity contribution in [3.63, 3.8) is 0 Å². The Morgan fingerprint density at radius 1 is 0.433 bits per heavy atom. The molecule has 2 heterocycles. The van der Waals surface area contributed by atoms with Crippen LogP contribution in [0.2, 0.25) is 0 Å². The lowest BCUT2D eigenvalue weighted by molar-refractivity contribution is 0.437. The van der Waals surface area contributed by atoms with Crippen molar-refractivity contribution in [1.29, 1.82) is 0 Å². The molecule has 60 heavy (non-hydrogen) atoms. The third kappa shape index (κ3) is 5.49. The van der Waals surface area contributed by atoms with E-state index >= 15 is 0 Å². The summed E-state index contributed by atoms with van der Waals surface area (Å²) in [5.74, 6) is 2.28. The Morgan fingerprint density at radius 2 is 0.950 bits per heavy atom. The minimum atomic E-state index is -0.610. The van der Waals surface area contributed by atoms with Crippen LogP contribution in [0.5, 0.6) is 11.5 Å². The molecule has 8 aromatic carbocycles. The maximum atomic E-state index is 7.15. The molecule has 0 saturated carbocycles. The molecule has 1 aliphatic carbocycles. The summed E-state index contributed by atoms with van der Waals surface area (Å²) in [6.07, 6.45) is 1.83. The molecule has 0 radical (unpaired) electrons. The van der Waals surface area contributed by atoms with E-state index in [9.17, 15) is 0 Å². The molecule has 11 rings (SSSR count). The number of para-hydroxylation sites is 1. The second kappa shape index (κ2) is 14.2. The van der Waals surface area contributed by atoms with Crippen LogP contribution < -0.4 is 4.74 Å². The molecule has 4 heteroatoms. The van der Waals surface area contributed by atoms with Gasteiger partial charge in [-0.3, -0.25) is 4.99 Å². The van der Waals surface area contributed by atoms with E-state index in [0.717, 1.165) is 84.2 Å². The van der Waals surface area contributed by atoms with Crippen molar-refractivity contribution in [1.82, 2.24) is 9.97 Å². The van der Waals surface area contributed by atoms with E-state index in [1.54, 1.807) is 0 Å². The second-order valence-corrected chi connectivity index (χ2v) is 15.2. The van der Waals surface area contributed by atoms with Crippen molar-refractivity contribution < 1.29 is 4.74 Å². The SMILES string of the molecule is C=Cc1cccc(-c2cccc(-c3ccc4c(c3)Oc3cc(-c5cc(-c6ccccc6)nc(-c6ccccc6)n5)ccc3C43c4ccccc4-c4ccccc43)c2)c1N=C. The smallest absolute Gasteiger partial charge is 0.160 e. The average Bonchev–Trinajstić information content (AvgIpc) is 3.61. The van der Waals surface area contributed by atoms with Crippen LogP contribution in [0.4, 0.5) is 5.69 Å². The molecule has 1 aromatic heterocycles. The van der Waals surface area contributed by atoms with Crippen molar-refractivity contribution in [3.8, 4) is 78.8 Å². The Balaban J connectivity index is 1.11. The number of hydrogen-bond acceptors (Lipinski definition) is 4. The third-order valence-electron chi connectivity index (χ3n) is 12.0. The summed E-state index contributed by atoms with van der Waals surface area (Å²) in [6.45, 7) is 7.88. The van der Waals surface area contributed by atoms with Gasteiger partial charge in [0.2, 0.25) is 0 Å². The maximum Gasteiger partial charge on any atom is 0.160 e. The van der Waals surface area contributed by atoms with Crippen LogP contribution in [0.3, 0.4) is 0 Å². The quantitative estimate of drug-likeness (QED) is 0.152. The van der Waals surface area contributed by atoms with Gasteiger partial charge in [-0.15, -0.1) is 0 Å². The molecule has 2 aliphatic rings. The number of nitrogens with zero attached hydrogens (tertiary/aromatic N) is 3. The average molecular weight is 768 g/mol. The van der Waals surface area contributed by atoms with Crippen LogP contribution in [0.1, 0.15) is 27.8 Å². The van der Waals surface area contributed by atoms with E-state index < -0.39 is 5.41 Å². The van der Waals surface area contributed by atoms with Crippen molar-refractivity contribution >= 4 is 18.5 Å². The summed E-state index contributed by atoms with van der Waals surface area (Å²) in [6, 6.07) is 68.2. The Hall–Kier alpha value is -7.95. The molecule has 0 saturated heterocycles. The van der Waals surface area contributed by atoms with E-state index in [1.165, 1.54) is 22.3 Å². The van der Waals surface area contributed by atoms with Gasteiger partial charge in [0.25, 0.3) is 0 Å². The molecular formula is C56H37N3O. The summed E-state index contributed by atoms with van der Waals surface area (Å²) in [5, 5.41) is 0. The molecule has 9 aromatic rings. The van der Waals surface area contributed by atoms with Gasteiger partial charge in [-0.1, -0.05) is 183 Å². The monoisotopic (exact) mass is 767 g/mol. The predicted molar refractivity (Wildman–Crippen MR) is 246 cm³/mol. The van der Waals surface area contributed by atoms with Gasteiger partial charge in [0.15, 0.2) is 5.82 Å². The van der Waals surface area contributed by atoms with Gasteiger partial charge >= 0.3 is 0 Å². The van der Waals surface area contributed by atoms with Crippen LogP contribution in [-0.4, -0.2) is 16.7 Å². The number of hydrogen-bond donors (Lipinski definition) is 0. The Kier molecular flexibility index (Phi) is 8.31. The van der Waals surface area contributed by atoms with Crippen LogP contribution in [0.25, 0.3) is 73.4 Å². The van der Waals surface area contributed by atoms with Gasteiger partial charge in [-0.2, -0.15) is 0 Å². The highest BCUT2D eigenvalue weighted by Gasteiger charge is 2.51. The highest BCUT2D eigenvalue weighted by Crippen LogP contribution is 2.62. The molecule has 0 fully saturated rings. The number of aliphatic imine (C=N–C) groups is 1. The van der Waals surface area contributed by atoms with Gasteiger partial charge in [-0.05, 0) is 69.9 Å². The minimum Gasteiger partial charge on any atom is -0.457 e. The standard InChI is InChI=1S/C56H37N3O/c1-3-36-20-15-25-43(54(36)57-2)41-22-14-21-39(32-41)40-28-30-48-52(33-40)60-53-34-42(29-31-49(53)56(48)46-26-12-10-23-44(46)45-24-11-13-27-47(45)56)51-35-50(37-16-6-4-7-17-37)58-55(59-51)38-18-8-5-9-19-38/h3-35H,1-2H2. The van der Waals surface area contributed by atoms with E-state index in [2.05, 4.69) is 164 Å². The number of benzene rings is 8. The van der Waals surface area contributed by atoms with Crippen LogP contribution in [0.15, 0.2) is 206 Å². The number of ether oxygens (including phenoxy) is 1. The summed E-state index contributed by atoms with van der Waals surface area (Å²) in [5.41, 5.74) is 17.1. The van der Waals surface area contributed by atoms with Crippen molar-refractivity contribution in [3.05, 3.63) is 229 Å². The van der Waals surface area contributed by atoms with Gasteiger partial charge in [-0.25, -0.2) is 9.97 Å². The van der Waals surface area contributed by atoms with E-state index in [1.807, 2.05) is 54.6 Å². The zero-order valence-corrected chi connectivity index (χ0v) is 32.7. The largest absolute Gasteiger partial charge is 0.457 e. The topological polar surface area (TPSA) is 47.4 Å². The van der Waals surface area contributed by atoms with Gasteiger partial charge in [0.05, 0.1) is 22.5 Å². The molecule has 0 bridgehead atoms. The zero-order chi connectivity index (χ0) is 40.2. The van der Waals surface area contributed by atoms with Gasteiger partial charge < -0.3 is 4.74 Å². The Labute approximate surface area is 349 Å². The molecule has 4 nitrogen and oxygen atoms in total. The van der Waals surface area contributed by atoms with E-state index in [-0.39, 0.29) is 0 Å². The molecule has 1 spiro atoms. The summed E-state index contributed by atoms with van der Waals surface area (Å²) >= 11 is 0. The van der Waals surface area contributed by atoms with E-state index in [4.69, 9.17) is 14.7 Å². The van der Waals surface area contributed by atoms with Crippen LogP contribution in [0, 0.1) is 0 Å². The molecule has 0 atom stereocenters. The maximum absolute atomic E-state index is 7.15. The molecule has 1 aliphatic heterocycles. The fraction of sp³-hybridized carbons (Fsp3) is 0.0179. The lowest BCUT2D eigenvalue weighted by atomic mass is 9.66. The van der Waals surface area contributed by atoms with Crippen molar-refractivity contribution in [2.75, 3.05) is 0 Å². The summed E-state index contributed by atoms with van der Waals surface area (Å²) in [7, 11) is 0. The highest BCUT2D eigenvalue weighted by atomic mass is 16.5. The van der Waals surface area contributed by atoms with E-state index in [0.29, 0.717) is 5.82 Å². The van der Waals surface area contributed by atoms with Crippen molar-refractivity contribution in [2.45, 2.75) is 5.41 Å². The predicted octanol–water partition coefficient (Wildman–Crippen LogP) is 14.3. The molecule has 0 amide bonds. The lowest BCUT2D eigenvalue weighted by Crippen LogP contribution is -2.32. The Morgan fingerprint density at radius 3 is 1.62 bits per heavy atom. The molecule has 0 unspecified atom stereocenters. The van der Waals surface area contributed by atoms with Crippen LogP contribution in [-0.2, 0) is 5.41 Å². The first kappa shape index (κ1) is 35.2. The molecule has 282 valence electrons. The first-order valence-corrected chi connectivity index (χ1v) is 20.1. The van der Waals surface area contributed by atoms with Gasteiger partial charge in [0.1, 0.15) is 11.5 Å². The second-order valence-electron chi connectivity index (χ2n) is 15.2. The normalized spacial score (nSPS) is 12.7. The third-order valence-corrected chi connectivity index (χ3v) is 12.0. The number of rotatable bonds is 7. The van der Waals surface area contributed by atoms with Crippen LogP contribution >= 0.6 is 0 Å². The highest BCUT2D eigenvalue weighted by molar-refractivity contribution is 5.90. The lowest BCUT2D eigenvalue weighted by Gasteiger charge is -2.39. The first-order chi connectivity index (χ1) is 29.6. The fourth-order valence-electron chi connectivity index (χ4n) is 9.32. The van der Waals surface area contributed by atoms with Gasteiger partial charge in [0, 0.05) is 38.9 Å². The first-order valence-electron chi connectivity index (χ1n) is 20.1. The zero-order valence-electron chi connectivity index (χ0n) is 32.7. The number of fused-ring (bicyclic) bond motifs is 9. The molecular weight excluding hydrogens is 731 g/mol. The summed E-state index contributed by atoms with van der Waals surface area (Å²) < 4.78 is 7.15. The summed E-state index contributed by atoms with van der Waals surface area (Å²) in [4.78, 5) is 14.6. The number of aromatic nitrogens is 2. The Bertz CT molecular complexity index is 3070.